The van der Waals surface area contributed by atoms with Crippen molar-refractivity contribution in [2.45, 2.75) is 25.0 Å². The molecule has 2 heterocycles. The minimum absolute atomic E-state index is 0.173. The van der Waals surface area contributed by atoms with E-state index in [2.05, 4.69) is 52.0 Å². The summed E-state index contributed by atoms with van der Waals surface area (Å²) in [7, 11) is 0. The highest BCUT2D eigenvalue weighted by Crippen LogP contribution is 2.49. The third-order valence-corrected chi connectivity index (χ3v) is 5.45. The second-order valence-electron chi connectivity index (χ2n) is 6.56. The van der Waals surface area contributed by atoms with Crippen LogP contribution in [0.1, 0.15) is 35.3 Å². The van der Waals surface area contributed by atoms with Crippen LogP contribution in [0, 0.1) is 5.92 Å². The topological polar surface area (TPSA) is 38.1 Å². The lowest BCUT2D eigenvalue weighted by Gasteiger charge is -2.35. The fraction of sp³-hybridized carbons (Fsp3) is 0.250. The van der Waals surface area contributed by atoms with Gasteiger partial charge in [0.05, 0.1) is 30.4 Å². The third-order valence-electron chi connectivity index (χ3n) is 5.45. The Balaban J connectivity index is 1.64. The molecule has 5 rings (SSSR count). The van der Waals surface area contributed by atoms with Gasteiger partial charge in [0.2, 0.25) is 0 Å². The summed E-state index contributed by atoms with van der Waals surface area (Å²) in [4.78, 5) is 4.34. The summed E-state index contributed by atoms with van der Waals surface area (Å²) < 4.78 is 2.24. The molecule has 0 unspecified atom stereocenters. The summed E-state index contributed by atoms with van der Waals surface area (Å²) >= 11 is 0. The van der Waals surface area contributed by atoms with E-state index in [0.29, 0.717) is 0 Å². The van der Waals surface area contributed by atoms with Gasteiger partial charge in [-0.2, -0.15) is 0 Å². The second-order valence-corrected chi connectivity index (χ2v) is 6.56. The fourth-order valence-corrected chi connectivity index (χ4v) is 4.40. The number of aliphatic hydroxyl groups excluding tert-OH is 1. The van der Waals surface area contributed by atoms with Crippen molar-refractivity contribution in [3.05, 3.63) is 77.7 Å². The molecule has 1 aromatic heterocycles. The summed E-state index contributed by atoms with van der Waals surface area (Å²) in [5.41, 5.74) is 6.11. The van der Waals surface area contributed by atoms with Gasteiger partial charge in [0.25, 0.3) is 0 Å². The lowest BCUT2D eigenvalue weighted by Crippen LogP contribution is -2.28. The predicted octanol–water partition coefficient (Wildman–Crippen LogP) is 3.75. The van der Waals surface area contributed by atoms with Gasteiger partial charge in [-0.15, -0.1) is 0 Å². The van der Waals surface area contributed by atoms with Gasteiger partial charge < -0.3 is 9.67 Å². The first kappa shape index (κ1) is 13.1. The molecular weight excluding hydrogens is 284 g/mol. The van der Waals surface area contributed by atoms with Crippen molar-refractivity contribution < 1.29 is 5.11 Å². The molecule has 3 heteroatoms. The van der Waals surface area contributed by atoms with Crippen LogP contribution < -0.4 is 0 Å². The van der Waals surface area contributed by atoms with Crippen molar-refractivity contribution in [3.63, 3.8) is 0 Å². The van der Waals surface area contributed by atoms with Gasteiger partial charge in [-0.05, 0) is 29.5 Å². The first-order chi connectivity index (χ1) is 11.3. The van der Waals surface area contributed by atoms with Crippen LogP contribution >= 0.6 is 0 Å². The van der Waals surface area contributed by atoms with E-state index in [9.17, 15) is 5.11 Å². The fourth-order valence-electron chi connectivity index (χ4n) is 4.40. The lowest BCUT2D eigenvalue weighted by molar-refractivity contribution is 0.0720. The molecule has 0 radical (unpaired) electrons. The van der Waals surface area contributed by atoms with Crippen LogP contribution in [0.5, 0.6) is 0 Å². The SMILES string of the molecule is O[C@@H]1c2ccccc2CC[C@@H]1[C@@H]1c2ccccc2-c2cncn21. The number of aromatic nitrogens is 2. The molecule has 1 N–H and O–H groups in total. The Morgan fingerprint density at radius 3 is 2.70 bits per heavy atom. The van der Waals surface area contributed by atoms with Gasteiger partial charge in [0, 0.05) is 11.5 Å². The lowest BCUT2D eigenvalue weighted by atomic mass is 9.76. The van der Waals surface area contributed by atoms with Crippen LogP contribution in [0.15, 0.2) is 61.1 Å². The first-order valence-electron chi connectivity index (χ1n) is 8.21. The molecule has 0 saturated carbocycles. The minimum Gasteiger partial charge on any atom is -0.388 e. The van der Waals surface area contributed by atoms with Crippen molar-refractivity contribution in [3.8, 4) is 11.3 Å². The number of hydrogen-bond acceptors (Lipinski definition) is 2. The second kappa shape index (κ2) is 4.80. The van der Waals surface area contributed by atoms with Crippen LogP contribution in [0.2, 0.25) is 0 Å². The van der Waals surface area contributed by atoms with Crippen LogP contribution in [-0.4, -0.2) is 14.7 Å². The van der Waals surface area contributed by atoms with Crippen LogP contribution in [-0.2, 0) is 6.42 Å². The first-order valence-corrected chi connectivity index (χ1v) is 8.21. The Morgan fingerprint density at radius 1 is 1.00 bits per heavy atom. The highest BCUT2D eigenvalue weighted by atomic mass is 16.3. The number of rotatable bonds is 1. The van der Waals surface area contributed by atoms with E-state index >= 15 is 0 Å². The number of fused-ring (bicyclic) bond motifs is 4. The number of aryl methyl sites for hydroxylation is 1. The van der Waals surface area contributed by atoms with E-state index in [1.165, 1.54) is 16.7 Å². The zero-order valence-corrected chi connectivity index (χ0v) is 12.8. The number of benzene rings is 2. The monoisotopic (exact) mass is 302 g/mol. The zero-order chi connectivity index (χ0) is 15.4. The third kappa shape index (κ3) is 1.77. The molecule has 23 heavy (non-hydrogen) atoms. The molecule has 3 atom stereocenters. The van der Waals surface area contributed by atoms with Gasteiger partial charge in [0.1, 0.15) is 0 Å². The average Bonchev–Trinajstić information content (AvgIpc) is 3.17. The highest BCUT2D eigenvalue weighted by Gasteiger charge is 2.40. The summed E-state index contributed by atoms with van der Waals surface area (Å²) in [6.07, 6.45) is 5.44. The summed E-state index contributed by atoms with van der Waals surface area (Å²) in [5, 5.41) is 11.0. The molecule has 1 aliphatic heterocycles. The number of imidazole rings is 1. The molecule has 2 aromatic carbocycles. The molecule has 0 saturated heterocycles. The largest absolute Gasteiger partial charge is 0.388 e. The van der Waals surface area contributed by atoms with E-state index in [-0.39, 0.29) is 12.0 Å². The predicted molar refractivity (Wildman–Crippen MR) is 89.0 cm³/mol. The number of nitrogens with zero attached hydrogens (tertiary/aromatic N) is 2. The molecule has 2 aliphatic rings. The summed E-state index contributed by atoms with van der Waals surface area (Å²) in [5.74, 6) is 0.182. The van der Waals surface area contributed by atoms with E-state index in [0.717, 1.165) is 24.1 Å². The molecule has 1 aliphatic carbocycles. The van der Waals surface area contributed by atoms with Gasteiger partial charge in [-0.1, -0.05) is 48.5 Å². The molecule has 3 aromatic rings. The maximum Gasteiger partial charge on any atom is 0.0956 e. The Morgan fingerprint density at radius 2 is 1.78 bits per heavy atom. The Kier molecular flexibility index (Phi) is 2.73. The Hall–Kier alpha value is -2.39. The van der Waals surface area contributed by atoms with Crippen molar-refractivity contribution in [1.29, 1.82) is 0 Å². The van der Waals surface area contributed by atoms with E-state index < -0.39 is 6.10 Å². The minimum atomic E-state index is -0.425. The Bertz CT molecular complexity index is 883. The molecule has 0 amide bonds. The molecule has 0 bridgehead atoms. The van der Waals surface area contributed by atoms with Crippen molar-refractivity contribution >= 4 is 0 Å². The smallest absolute Gasteiger partial charge is 0.0956 e. The van der Waals surface area contributed by atoms with Gasteiger partial charge in [0.15, 0.2) is 0 Å². The Labute approximate surface area is 135 Å². The van der Waals surface area contributed by atoms with Gasteiger partial charge >= 0.3 is 0 Å². The molecule has 0 fully saturated rings. The normalized spacial score (nSPS) is 24.8. The quantitative estimate of drug-likeness (QED) is 0.743. The zero-order valence-electron chi connectivity index (χ0n) is 12.8. The van der Waals surface area contributed by atoms with Crippen molar-refractivity contribution in [1.82, 2.24) is 9.55 Å². The average molecular weight is 302 g/mol. The van der Waals surface area contributed by atoms with Gasteiger partial charge in [-0.25, -0.2) is 4.98 Å². The van der Waals surface area contributed by atoms with Gasteiger partial charge in [-0.3, -0.25) is 0 Å². The van der Waals surface area contributed by atoms with E-state index in [4.69, 9.17) is 0 Å². The molecule has 114 valence electrons. The summed E-state index contributed by atoms with van der Waals surface area (Å²) in [6.45, 7) is 0. The summed E-state index contributed by atoms with van der Waals surface area (Å²) in [6, 6.07) is 17.0. The van der Waals surface area contributed by atoms with Crippen molar-refractivity contribution in [2.75, 3.05) is 0 Å². The standard InChI is InChI=1S/C20H18N2O/c23-20-14-6-2-1-5-13(14)9-10-17(20)19-16-8-4-3-7-15(16)18-11-21-12-22(18)19/h1-8,11-12,17,19-20,23H,9-10H2/t17-,19+,20-/m1/s1. The highest BCUT2D eigenvalue weighted by molar-refractivity contribution is 5.69. The molecule has 3 nitrogen and oxygen atoms in total. The maximum absolute atomic E-state index is 11.0. The maximum atomic E-state index is 11.0. The molecular formula is C20H18N2O. The number of aliphatic hydroxyl groups is 1. The van der Waals surface area contributed by atoms with Crippen LogP contribution in [0.3, 0.4) is 0 Å². The van der Waals surface area contributed by atoms with E-state index in [1.807, 2.05) is 18.6 Å². The van der Waals surface area contributed by atoms with Crippen LogP contribution in [0.4, 0.5) is 0 Å². The molecule has 0 spiro atoms. The van der Waals surface area contributed by atoms with Crippen molar-refractivity contribution in [2.24, 2.45) is 5.92 Å². The van der Waals surface area contributed by atoms with E-state index in [1.54, 1.807) is 0 Å². The number of hydrogen-bond donors (Lipinski definition) is 1. The van der Waals surface area contributed by atoms with Crippen LogP contribution in [0.25, 0.3) is 11.3 Å².